The van der Waals surface area contributed by atoms with E-state index >= 15 is 0 Å². The average molecular weight is 505 g/mol. The number of aliphatic hydroxyl groups is 1. The van der Waals surface area contributed by atoms with Crippen LogP contribution >= 0.6 is 15.9 Å². The van der Waals surface area contributed by atoms with Gasteiger partial charge in [0.1, 0.15) is 17.6 Å². The molecule has 0 radical (unpaired) electrons. The van der Waals surface area contributed by atoms with Gasteiger partial charge in [0, 0.05) is 35.4 Å². The molecule has 1 amide bonds. The summed E-state index contributed by atoms with van der Waals surface area (Å²) in [6.45, 7) is 2.18. The van der Waals surface area contributed by atoms with E-state index in [1.54, 1.807) is 30.6 Å². The second-order valence-corrected chi connectivity index (χ2v) is 9.21. The van der Waals surface area contributed by atoms with E-state index in [0.29, 0.717) is 5.56 Å². The number of aromatic nitrogens is 1. The number of Topliss-reactive ketones (excluding diaryl/α,β-unsaturated/α-hetero) is 1. The monoisotopic (exact) mass is 504 g/mol. The van der Waals surface area contributed by atoms with Crippen LogP contribution in [0, 0.1) is 0 Å². The number of fused-ring (bicyclic) bond motifs is 1. The Kier molecular flexibility index (Phi) is 5.50. The predicted molar refractivity (Wildman–Crippen MR) is 126 cm³/mol. The van der Waals surface area contributed by atoms with Crippen LogP contribution in [0.5, 0.6) is 5.75 Å². The molecule has 5 rings (SSSR count). The number of amides is 1. The van der Waals surface area contributed by atoms with Gasteiger partial charge in [0.15, 0.2) is 0 Å². The Bertz CT molecular complexity index is 1290. The number of ether oxygens (including phenoxy) is 1. The fourth-order valence-corrected chi connectivity index (χ4v) is 4.90. The van der Waals surface area contributed by atoms with Gasteiger partial charge in [0.25, 0.3) is 11.7 Å². The minimum atomic E-state index is -0.730. The molecular formula is C26H21BrN2O4. The van der Waals surface area contributed by atoms with E-state index in [2.05, 4.69) is 20.9 Å². The van der Waals surface area contributed by atoms with Gasteiger partial charge in [-0.05, 0) is 60.0 Å². The summed E-state index contributed by atoms with van der Waals surface area (Å²) >= 11 is 3.48. The first-order valence-electron chi connectivity index (χ1n) is 10.6. The largest absolute Gasteiger partial charge is 0.507 e. The number of pyridine rings is 1. The van der Waals surface area contributed by atoms with E-state index in [1.807, 2.05) is 43.3 Å². The maximum Gasteiger partial charge on any atom is 0.295 e. The number of hydrogen-bond acceptors (Lipinski definition) is 5. The molecule has 33 heavy (non-hydrogen) atoms. The summed E-state index contributed by atoms with van der Waals surface area (Å²) in [5, 5.41) is 11.3. The van der Waals surface area contributed by atoms with Crippen LogP contribution in [-0.2, 0) is 22.6 Å². The number of benzene rings is 2. The molecule has 1 N–H and O–H groups in total. The van der Waals surface area contributed by atoms with Crippen molar-refractivity contribution in [2.75, 3.05) is 0 Å². The zero-order valence-electron chi connectivity index (χ0n) is 17.9. The smallest absolute Gasteiger partial charge is 0.295 e. The highest BCUT2D eigenvalue weighted by Crippen LogP contribution is 2.41. The molecule has 2 unspecified atom stereocenters. The highest BCUT2D eigenvalue weighted by Gasteiger charge is 2.46. The number of nitrogens with zero attached hydrogens (tertiary/aromatic N) is 2. The number of aliphatic hydroxyl groups excluding tert-OH is 1. The molecule has 7 heteroatoms. The Morgan fingerprint density at radius 2 is 2.03 bits per heavy atom. The lowest BCUT2D eigenvalue weighted by atomic mass is 9.94. The number of carbonyl (C=O) groups excluding carboxylic acids is 2. The van der Waals surface area contributed by atoms with E-state index in [0.717, 1.165) is 33.3 Å². The lowest BCUT2D eigenvalue weighted by molar-refractivity contribution is -0.140. The van der Waals surface area contributed by atoms with Crippen molar-refractivity contribution in [1.82, 2.24) is 9.88 Å². The van der Waals surface area contributed by atoms with E-state index in [4.69, 9.17) is 4.74 Å². The van der Waals surface area contributed by atoms with Crippen molar-refractivity contribution in [2.24, 2.45) is 0 Å². The third-order valence-corrected chi connectivity index (χ3v) is 6.44. The maximum absolute atomic E-state index is 13.2. The summed E-state index contributed by atoms with van der Waals surface area (Å²) in [6.07, 6.45) is 4.10. The summed E-state index contributed by atoms with van der Waals surface area (Å²) in [7, 11) is 0. The van der Waals surface area contributed by atoms with Gasteiger partial charge in [0.2, 0.25) is 0 Å². The highest BCUT2D eigenvalue weighted by atomic mass is 79.9. The molecular weight excluding hydrogens is 484 g/mol. The van der Waals surface area contributed by atoms with Crippen LogP contribution in [0.1, 0.15) is 35.2 Å². The molecule has 2 atom stereocenters. The zero-order valence-corrected chi connectivity index (χ0v) is 19.5. The first kappa shape index (κ1) is 21.4. The van der Waals surface area contributed by atoms with Crippen LogP contribution in [0.4, 0.5) is 0 Å². The second-order valence-electron chi connectivity index (χ2n) is 8.30. The van der Waals surface area contributed by atoms with Gasteiger partial charge in [-0.3, -0.25) is 14.6 Å². The van der Waals surface area contributed by atoms with Crippen LogP contribution < -0.4 is 4.74 Å². The minimum absolute atomic E-state index is 0.0594. The van der Waals surface area contributed by atoms with Crippen LogP contribution in [0.15, 0.2) is 77.0 Å². The van der Waals surface area contributed by atoms with Crippen molar-refractivity contribution in [3.63, 3.8) is 0 Å². The van der Waals surface area contributed by atoms with Crippen LogP contribution in [0.25, 0.3) is 5.76 Å². The lowest BCUT2D eigenvalue weighted by Gasteiger charge is -2.25. The number of carbonyl (C=O) groups is 2. The maximum atomic E-state index is 13.2. The normalized spacial score (nSPS) is 21.2. The van der Waals surface area contributed by atoms with Gasteiger partial charge in [0.05, 0.1) is 11.6 Å². The fourth-order valence-electron chi connectivity index (χ4n) is 4.48. The topological polar surface area (TPSA) is 79.7 Å². The number of hydrogen-bond donors (Lipinski definition) is 1. The van der Waals surface area contributed by atoms with Gasteiger partial charge in [-0.25, -0.2) is 0 Å². The summed E-state index contributed by atoms with van der Waals surface area (Å²) in [6, 6.07) is 15.7. The van der Waals surface area contributed by atoms with E-state index < -0.39 is 17.7 Å². The van der Waals surface area contributed by atoms with Gasteiger partial charge >= 0.3 is 0 Å². The minimum Gasteiger partial charge on any atom is -0.507 e. The van der Waals surface area contributed by atoms with Crippen LogP contribution in [0.2, 0.25) is 0 Å². The van der Waals surface area contributed by atoms with Gasteiger partial charge in [-0.15, -0.1) is 0 Å². The van der Waals surface area contributed by atoms with Crippen molar-refractivity contribution in [3.05, 3.63) is 99.3 Å². The Labute approximate surface area is 199 Å². The first-order chi connectivity index (χ1) is 15.9. The third kappa shape index (κ3) is 3.93. The second kappa shape index (κ2) is 8.48. The molecule has 1 fully saturated rings. The van der Waals surface area contributed by atoms with E-state index in [9.17, 15) is 14.7 Å². The molecule has 2 aromatic carbocycles. The molecule has 3 heterocycles. The molecule has 0 aliphatic carbocycles. The Balaban J connectivity index is 1.64. The van der Waals surface area contributed by atoms with Crippen LogP contribution in [0.3, 0.4) is 0 Å². The van der Waals surface area contributed by atoms with Crippen LogP contribution in [-0.4, -0.2) is 32.8 Å². The quantitative estimate of drug-likeness (QED) is 0.314. The SMILES string of the molecule is CC1Cc2cc(/C(O)=C3\C(=O)C(=O)N(Cc4cccnc4)C3c3cccc(Br)c3)ccc2O1. The molecule has 3 aromatic rings. The molecule has 166 valence electrons. The molecule has 6 nitrogen and oxygen atoms in total. The van der Waals surface area contributed by atoms with Crippen molar-refractivity contribution in [3.8, 4) is 5.75 Å². The third-order valence-electron chi connectivity index (χ3n) is 5.95. The number of likely N-dealkylation sites (tertiary alicyclic amines) is 1. The van der Waals surface area contributed by atoms with Crippen molar-refractivity contribution >= 4 is 33.4 Å². The number of halogens is 1. The summed E-state index contributed by atoms with van der Waals surface area (Å²) in [5.74, 6) is -0.760. The fraction of sp³-hybridized carbons (Fsp3) is 0.192. The highest BCUT2D eigenvalue weighted by molar-refractivity contribution is 9.10. The molecule has 0 bridgehead atoms. The number of rotatable bonds is 4. The van der Waals surface area contributed by atoms with Crippen molar-refractivity contribution in [2.45, 2.75) is 32.0 Å². The Morgan fingerprint density at radius 1 is 1.18 bits per heavy atom. The molecule has 1 saturated heterocycles. The van der Waals surface area contributed by atoms with Crippen molar-refractivity contribution in [1.29, 1.82) is 0 Å². The van der Waals surface area contributed by atoms with Gasteiger partial charge in [-0.2, -0.15) is 0 Å². The van der Waals surface area contributed by atoms with Gasteiger partial charge < -0.3 is 14.7 Å². The molecule has 2 aliphatic heterocycles. The van der Waals surface area contributed by atoms with Gasteiger partial charge in [-0.1, -0.05) is 34.1 Å². The molecule has 1 aromatic heterocycles. The Morgan fingerprint density at radius 3 is 2.79 bits per heavy atom. The van der Waals surface area contributed by atoms with Crippen molar-refractivity contribution < 1.29 is 19.4 Å². The summed E-state index contributed by atoms with van der Waals surface area (Å²) < 4.78 is 6.57. The predicted octanol–water partition coefficient (Wildman–Crippen LogP) is 4.79. The lowest BCUT2D eigenvalue weighted by Crippen LogP contribution is -2.29. The first-order valence-corrected chi connectivity index (χ1v) is 11.4. The van der Waals surface area contributed by atoms with E-state index in [1.165, 1.54) is 4.90 Å². The number of ketones is 1. The Hall–Kier alpha value is -3.45. The molecule has 0 saturated carbocycles. The standard InChI is InChI=1S/C26H21BrN2O4/c1-15-10-19-11-18(7-8-21(19)33-15)24(30)22-23(17-5-2-6-20(27)12-17)29(26(32)25(22)31)14-16-4-3-9-28-13-16/h2-9,11-13,15,23,30H,10,14H2,1H3/b24-22+. The summed E-state index contributed by atoms with van der Waals surface area (Å²) in [4.78, 5) is 32.0. The molecule has 2 aliphatic rings. The zero-order chi connectivity index (χ0) is 23.1. The van der Waals surface area contributed by atoms with E-state index in [-0.39, 0.29) is 24.0 Å². The average Bonchev–Trinajstić information content (AvgIpc) is 3.30. The summed E-state index contributed by atoms with van der Waals surface area (Å²) in [5.41, 5.74) is 3.06. The molecule has 0 spiro atoms.